The average Bonchev–Trinajstić information content (AvgIpc) is 3.02. The molecule has 1 aromatic carbocycles. The molecule has 0 aliphatic carbocycles. The number of anilines is 1. The molecule has 1 heterocycles. The number of nitrogens with zero attached hydrogens (tertiary/aromatic N) is 1. The molecule has 1 aliphatic heterocycles. The van der Waals surface area contributed by atoms with Gasteiger partial charge in [-0.25, -0.2) is 4.79 Å². The number of amides is 3. The summed E-state index contributed by atoms with van der Waals surface area (Å²) in [7, 11) is 0. The maximum atomic E-state index is 12.5. The van der Waals surface area contributed by atoms with E-state index < -0.39 is 6.04 Å². The first-order valence-corrected chi connectivity index (χ1v) is 8.35. The molecule has 1 aliphatic rings. The van der Waals surface area contributed by atoms with Gasteiger partial charge < -0.3 is 15.5 Å². The van der Waals surface area contributed by atoms with E-state index in [-0.39, 0.29) is 17.7 Å². The van der Waals surface area contributed by atoms with Crippen molar-refractivity contribution in [1.82, 2.24) is 10.2 Å². The number of benzene rings is 1. The topological polar surface area (TPSA) is 78.5 Å². The molecule has 0 spiro atoms. The zero-order valence-corrected chi connectivity index (χ0v) is 14.5. The van der Waals surface area contributed by atoms with E-state index in [9.17, 15) is 14.4 Å². The van der Waals surface area contributed by atoms with Crippen LogP contribution in [-0.2, 0) is 4.79 Å². The summed E-state index contributed by atoms with van der Waals surface area (Å²) in [6, 6.07) is 6.06. The minimum Gasteiger partial charge on any atom is -0.354 e. The van der Waals surface area contributed by atoms with Crippen LogP contribution in [-0.4, -0.2) is 41.8 Å². The second-order valence-corrected chi connectivity index (χ2v) is 6.56. The molecule has 0 aromatic heterocycles. The Labute approximate surface area is 142 Å². The number of nitrogens with one attached hydrogen (secondary N) is 2. The Morgan fingerprint density at radius 2 is 2.04 bits per heavy atom. The Hall–Kier alpha value is -2.37. The number of carbonyl (C=O) groups is 3. The normalized spacial score (nSPS) is 17.0. The zero-order chi connectivity index (χ0) is 17.7. The highest BCUT2D eigenvalue weighted by atomic mass is 16.2. The monoisotopic (exact) mass is 331 g/mol. The van der Waals surface area contributed by atoms with Crippen LogP contribution in [0.5, 0.6) is 0 Å². The highest BCUT2D eigenvalue weighted by Crippen LogP contribution is 2.20. The fraction of sp³-hybridized carbons (Fsp3) is 0.500. The molecule has 1 fully saturated rings. The average molecular weight is 331 g/mol. The molecule has 0 bridgehead atoms. The minimum atomic E-state index is -0.431. The van der Waals surface area contributed by atoms with E-state index in [0.717, 1.165) is 6.42 Å². The molecule has 1 saturated heterocycles. The number of carbonyl (C=O) groups excluding carboxylic acids is 3. The molecular formula is C18H25N3O3. The third-order valence-corrected chi connectivity index (χ3v) is 4.02. The van der Waals surface area contributed by atoms with Gasteiger partial charge in [0.25, 0.3) is 0 Å². The Morgan fingerprint density at radius 3 is 2.71 bits per heavy atom. The zero-order valence-electron chi connectivity index (χ0n) is 14.5. The second-order valence-electron chi connectivity index (χ2n) is 6.56. The summed E-state index contributed by atoms with van der Waals surface area (Å²) >= 11 is 0. The van der Waals surface area contributed by atoms with E-state index in [4.69, 9.17) is 0 Å². The first kappa shape index (κ1) is 18.0. The van der Waals surface area contributed by atoms with Gasteiger partial charge in [0.15, 0.2) is 5.78 Å². The predicted octanol–water partition coefficient (Wildman–Crippen LogP) is 2.66. The Bertz CT molecular complexity index is 628. The lowest BCUT2D eigenvalue weighted by Gasteiger charge is -2.24. The van der Waals surface area contributed by atoms with Crippen molar-refractivity contribution < 1.29 is 14.4 Å². The lowest BCUT2D eigenvalue weighted by atomic mass is 10.1. The molecule has 3 amide bonds. The maximum absolute atomic E-state index is 12.5. The molecule has 0 saturated carbocycles. The Balaban J connectivity index is 2.01. The smallest absolute Gasteiger partial charge is 0.322 e. The summed E-state index contributed by atoms with van der Waals surface area (Å²) in [6.07, 6.45) is 1.48. The molecular weight excluding hydrogens is 306 g/mol. The summed E-state index contributed by atoms with van der Waals surface area (Å²) < 4.78 is 0. The first-order valence-electron chi connectivity index (χ1n) is 8.35. The molecule has 6 nitrogen and oxygen atoms in total. The number of hydrogen-bond donors (Lipinski definition) is 2. The van der Waals surface area contributed by atoms with Crippen molar-refractivity contribution in [2.45, 2.75) is 39.7 Å². The molecule has 130 valence electrons. The summed E-state index contributed by atoms with van der Waals surface area (Å²) in [5.74, 6) is 0.207. The number of hydrogen-bond acceptors (Lipinski definition) is 3. The van der Waals surface area contributed by atoms with E-state index in [2.05, 4.69) is 10.6 Å². The van der Waals surface area contributed by atoms with Gasteiger partial charge in [0.1, 0.15) is 6.04 Å². The summed E-state index contributed by atoms with van der Waals surface area (Å²) in [6.45, 7) is 6.70. The van der Waals surface area contributed by atoms with Crippen LogP contribution in [0.15, 0.2) is 24.3 Å². The summed E-state index contributed by atoms with van der Waals surface area (Å²) in [4.78, 5) is 37.8. The van der Waals surface area contributed by atoms with Gasteiger partial charge in [-0.3, -0.25) is 9.59 Å². The van der Waals surface area contributed by atoms with Crippen molar-refractivity contribution in [1.29, 1.82) is 0 Å². The van der Waals surface area contributed by atoms with E-state index in [1.54, 1.807) is 29.2 Å². The van der Waals surface area contributed by atoms with Gasteiger partial charge in [-0.2, -0.15) is 0 Å². The van der Waals surface area contributed by atoms with Crippen molar-refractivity contribution >= 4 is 23.4 Å². The second kappa shape index (κ2) is 7.95. The quantitative estimate of drug-likeness (QED) is 0.814. The SMILES string of the molecule is CC(=O)c1cccc(NC(=O)N2CCCC2C(=O)NCC(C)C)c1. The summed E-state index contributed by atoms with van der Waals surface area (Å²) in [5, 5.41) is 5.68. The van der Waals surface area contributed by atoms with Gasteiger partial charge in [0.2, 0.25) is 5.91 Å². The van der Waals surface area contributed by atoms with Crippen LogP contribution in [0.4, 0.5) is 10.5 Å². The standard InChI is InChI=1S/C18H25N3O3/c1-12(2)11-19-17(23)16-8-5-9-21(16)18(24)20-15-7-4-6-14(10-15)13(3)22/h4,6-7,10,12,16H,5,8-9,11H2,1-3H3,(H,19,23)(H,20,24). The van der Waals surface area contributed by atoms with E-state index in [0.29, 0.717) is 36.7 Å². The van der Waals surface area contributed by atoms with Crippen LogP contribution in [0.3, 0.4) is 0 Å². The molecule has 6 heteroatoms. The third kappa shape index (κ3) is 4.57. The molecule has 2 rings (SSSR count). The fourth-order valence-electron chi connectivity index (χ4n) is 2.72. The Morgan fingerprint density at radius 1 is 1.29 bits per heavy atom. The van der Waals surface area contributed by atoms with Crippen LogP contribution >= 0.6 is 0 Å². The maximum Gasteiger partial charge on any atom is 0.322 e. The number of likely N-dealkylation sites (tertiary alicyclic amines) is 1. The van der Waals surface area contributed by atoms with Crippen molar-refractivity contribution in [3.8, 4) is 0 Å². The van der Waals surface area contributed by atoms with Gasteiger partial charge in [0.05, 0.1) is 0 Å². The van der Waals surface area contributed by atoms with Crippen molar-refractivity contribution in [3.63, 3.8) is 0 Å². The van der Waals surface area contributed by atoms with Crippen LogP contribution in [0.25, 0.3) is 0 Å². The number of urea groups is 1. The van der Waals surface area contributed by atoms with Gasteiger partial charge >= 0.3 is 6.03 Å². The fourth-order valence-corrected chi connectivity index (χ4v) is 2.72. The predicted molar refractivity (Wildman–Crippen MR) is 93.0 cm³/mol. The van der Waals surface area contributed by atoms with Crippen molar-refractivity contribution in [3.05, 3.63) is 29.8 Å². The lowest BCUT2D eigenvalue weighted by molar-refractivity contribution is -0.124. The number of ketones is 1. The van der Waals surface area contributed by atoms with Crippen LogP contribution in [0.2, 0.25) is 0 Å². The minimum absolute atomic E-state index is 0.0572. The largest absolute Gasteiger partial charge is 0.354 e. The van der Waals surface area contributed by atoms with Gasteiger partial charge in [-0.15, -0.1) is 0 Å². The molecule has 2 N–H and O–H groups in total. The summed E-state index contributed by atoms with van der Waals surface area (Å²) in [5.41, 5.74) is 1.10. The first-order chi connectivity index (χ1) is 11.4. The van der Waals surface area contributed by atoms with Crippen LogP contribution < -0.4 is 10.6 Å². The highest BCUT2D eigenvalue weighted by Gasteiger charge is 2.34. The Kier molecular flexibility index (Phi) is 5.95. The van der Waals surface area contributed by atoms with Crippen LogP contribution in [0.1, 0.15) is 44.0 Å². The van der Waals surface area contributed by atoms with Crippen molar-refractivity contribution in [2.75, 3.05) is 18.4 Å². The van der Waals surface area contributed by atoms with Gasteiger partial charge in [-0.05, 0) is 37.8 Å². The molecule has 1 atom stereocenters. The lowest BCUT2D eigenvalue weighted by Crippen LogP contribution is -2.48. The van der Waals surface area contributed by atoms with Crippen LogP contribution in [0, 0.1) is 5.92 Å². The van der Waals surface area contributed by atoms with E-state index in [1.807, 2.05) is 13.8 Å². The third-order valence-electron chi connectivity index (χ3n) is 4.02. The molecule has 24 heavy (non-hydrogen) atoms. The van der Waals surface area contributed by atoms with Gasteiger partial charge in [0, 0.05) is 24.3 Å². The van der Waals surface area contributed by atoms with E-state index in [1.165, 1.54) is 6.92 Å². The van der Waals surface area contributed by atoms with E-state index >= 15 is 0 Å². The number of Topliss-reactive ketones (excluding diaryl/α,β-unsaturated/α-hetero) is 1. The van der Waals surface area contributed by atoms with Gasteiger partial charge in [-0.1, -0.05) is 26.0 Å². The van der Waals surface area contributed by atoms with Crippen molar-refractivity contribution in [2.24, 2.45) is 5.92 Å². The molecule has 0 radical (unpaired) electrons. The highest BCUT2D eigenvalue weighted by molar-refractivity contribution is 5.97. The number of rotatable bonds is 5. The molecule has 1 aromatic rings. The molecule has 1 unspecified atom stereocenters.